The average molecular weight is 504 g/mol. The largest absolute Gasteiger partial charge is 0.393 e. The molecule has 0 radical (unpaired) electrons. The second kappa shape index (κ2) is 12.3. The molecule has 0 aromatic carbocycles. The molecule has 4 aliphatic rings. The Morgan fingerprint density at radius 2 is 1.61 bits per heavy atom. The number of hydrogen-bond donors (Lipinski definition) is 2. The molecule has 0 bridgehead atoms. The zero-order valence-corrected chi connectivity index (χ0v) is 23.1. The third-order valence-electron chi connectivity index (χ3n) is 11.2. The van der Waals surface area contributed by atoms with E-state index in [9.17, 15) is 14.7 Å². The summed E-state index contributed by atoms with van der Waals surface area (Å²) in [5, 5.41) is 11.0. The highest BCUT2D eigenvalue weighted by Crippen LogP contribution is 2.66. The lowest BCUT2D eigenvalue weighted by Crippen LogP contribution is -2.61. The van der Waals surface area contributed by atoms with Crippen LogP contribution in [0.1, 0.15) is 129 Å². The minimum Gasteiger partial charge on any atom is -0.393 e. The summed E-state index contributed by atoms with van der Waals surface area (Å²) in [5.41, 5.74) is 4.92. The predicted molar refractivity (Wildman–Crippen MR) is 143 cm³/mol. The molecule has 5 nitrogen and oxygen atoms in total. The van der Waals surface area contributed by atoms with Crippen LogP contribution in [0.15, 0.2) is 0 Å². The molecule has 0 saturated heterocycles. The van der Waals surface area contributed by atoms with Crippen LogP contribution in [0.2, 0.25) is 0 Å². The van der Waals surface area contributed by atoms with Crippen LogP contribution in [0.4, 0.5) is 0 Å². The molecule has 1 amide bonds. The molecule has 4 rings (SSSR count). The van der Waals surface area contributed by atoms with Gasteiger partial charge in [-0.3, -0.25) is 9.59 Å². The number of fused-ring (bicyclic) bond motifs is 5. The molecule has 0 unspecified atom stereocenters. The Kier molecular flexibility index (Phi) is 9.58. The van der Waals surface area contributed by atoms with E-state index in [1.807, 2.05) is 0 Å². The van der Waals surface area contributed by atoms with Gasteiger partial charge in [-0.25, -0.2) is 0 Å². The van der Waals surface area contributed by atoms with Crippen molar-refractivity contribution in [2.24, 2.45) is 40.2 Å². The summed E-state index contributed by atoms with van der Waals surface area (Å²) in [6.07, 6.45) is 19.3. The van der Waals surface area contributed by atoms with Crippen LogP contribution < -0.4 is 5.73 Å². The Morgan fingerprint density at radius 1 is 0.944 bits per heavy atom. The minimum absolute atomic E-state index is 0.0514. The van der Waals surface area contributed by atoms with Gasteiger partial charge in [-0.1, -0.05) is 58.8 Å². The lowest BCUT2D eigenvalue weighted by molar-refractivity contribution is -0.193. The van der Waals surface area contributed by atoms with E-state index in [4.69, 9.17) is 10.5 Å². The average Bonchev–Trinajstić information content (AvgIpc) is 3.14. The summed E-state index contributed by atoms with van der Waals surface area (Å²) in [5.74, 6) is 2.24. The molecule has 4 aliphatic carbocycles. The number of aliphatic hydroxyl groups is 1. The molecule has 0 aromatic rings. The monoisotopic (exact) mass is 503 g/mol. The fraction of sp³-hybridized carbons (Fsp3) is 0.935. The van der Waals surface area contributed by atoms with Crippen LogP contribution >= 0.6 is 0 Å². The van der Waals surface area contributed by atoms with Crippen molar-refractivity contribution in [1.82, 2.24) is 0 Å². The number of Topliss-reactive ketones (excluding diaryl/α,β-unsaturated/α-hetero) is 1. The molecular weight excluding hydrogens is 450 g/mol. The van der Waals surface area contributed by atoms with Gasteiger partial charge in [-0.05, 0) is 81.0 Å². The number of rotatable bonds is 13. The number of hydrogen-bond acceptors (Lipinski definition) is 4. The molecule has 5 heteroatoms. The maximum Gasteiger partial charge on any atom is 0.217 e. The first-order chi connectivity index (χ1) is 17.3. The summed E-state index contributed by atoms with van der Waals surface area (Å²) in [6.45, 7) is 5.40. The molecule has 4 saturated carbocycles. The highest BCUT2D eigenvalue weighted by molar-refractivity contribution is 5.86. The van der Waals surface area contributed by atoms with E-state index in [1.165, 1.54) is 57.8 Å². The minimum atomic E-state index is -0.224. The fourth-order valence-electron chi connectivity index (χ4n) is 9.17. The van der Waals surface area contributed by atoms with Crippen molar-refractivity contribution in [3.8, 4) is 0 Å². The first kappa shape index (κ1) is 28.1. The molecule has 8 atom stereocenters. The van der Waals surface area contributed by atoms with Crippen LogP contribution in [-0.2, 0) is 14.3 Å². The van der Waals surface area contributed by atoms with E-state index < -0.39 is 0 Å². The highest BCUT2D eigenvalue weighted by Gasteiger charge is 2.65. The smallest absolute Gasteiger partial charge is 0.217 e. The molecule has 0 heterocycles. The van der Waals surface area contributed by atoms with E-state index in [-0.39, 0.29) is 28.9 Å². The molecule has 36 heavy (non-hydrogen) atoms. The van der Waals surface area contributed by atoms with Crippen LogP contribution in [0.25, 0.3) is 0 Å². The van der Waals surface area contributed by atoms with Gasteiger partial charge < -0.3 is 15.6 Å². The summed E-state index contributed by atoms with van der Waals surface area (Å²) in [7, 11) is 0. The highest BCUT2D eigenvalue weighted by atomic mass is 16.5. The number of ether oxygens (including phenoxy) is 1. The van der Waals surface area contributed by atoms with Crippen molar-refractivity contribution in [1.29, 1.82) is 0 Å². The van der Waals surface area contributed by atoms with Gasteiger partial charge in [0.15, 0.2) is 0 Å². The van der Waals surface area contributed by atoms with Crippen molar-refractivity contribution in [3.63, 3.8) is 0 Å². The second-order valence-corrected chi connectivity index (χ2v) is 13.3. The van der Waals surface area contributed by atoms with Crippen molar-refractivity contribution in [2.45, 2.75) is 142 Å². The molecule has 4 fully saturated rings. The Bertz CT molecular complexity index is 755. The maximum atomic E-state index is 13.5. The number of nitrogens with two attached hydrogens (primary N) is 1. The van der Waals surface area contributed by atoms with E-state index in [2.05, 4.69) is 13.8 Å². The third kappa shape index (κ3) is 5.72. The van der Waals surface area contributed by atoms with Crippen LogP contribution in [0, 0.1) is 34.5 Å². The van der Waals surface area contributed by atoms with Crippen molar-refractivity contribution in [2.75, 3.05) is 6.61 Å². The number of primary amides is 1. The van der Waals surface area contributed by atoms with E-state index in [0.29, 0.717) is 35.9 Å². The third-order valence-corrected chi connectivity index (χ3v) is 11.2. The topological polar surface area (TPSA) is 89.6 Å². The lowest BCUT2D eigenvalue weighted by atomic mass is 9.44. The van der Waals surface area contributed by atoms with Crippen LogP contribution in [-0.4, -0.2) is 35.6 Å². The molecule has 0 spiro atoms. The zero-order chi connectivity index (χ0) is 25.8. The number of carbonyl (C=O) groups excluding carboxylic acids is 2. The maximum absolute atomic E-state index is 13.5. The first-order valence-electron chi connectivity index (χ1n) is 15.4. The molecular formula is C31H53NO4. The van der Waals surface area contributed by atoms with E-state index in [1.54, 1.807) is 0 Å². The number of unbranched alkanes of at least 4 members (excludes halogenated alkanes) is 8. The standard InChI is InChI=1S/C31H53NO4/c1-30-21-25(36-20-11-9-7-5-3-4-6-8-10-15-28(32)35)29-23(24(30)18-19-26(30)33)17-16-22-13-12-14-27(34)31(22,29)2/h22-26,29,33H,3-21H2,1-2H3,(H2,32,35)/t22-,23+,24+,25+,26+,29-,30+,31-/m1/s1. The van der Waals surface area contributed by atoms with Crippen molar-refractivity contribution in [3.05, 3.63) is 0 Å². The fourth-order valence-corrected chi connectivity index (χ4v) is 9.17. The van der Waals surface area contributed by atoms with Crippen LogP contribution in [0.5, 0.6) is 0 Å². The normalized spacial score (nSPS) is 39.9. The Hall–Kier alpha value is -0.940. The summed E-state index contributed by atoms with van der Waals surface area (Å²) in [6, 6.07) is 0. The van der Waals surface area contributed by atoms with Gasteiger partial charge >= 0.3 is 0 Å². The van der Waals surface area contributed by atoms with Gasteiger partial charge in [-0.2, -0.15) is 0 Å². The molecule has 3 N–H and O–H groups in total. The van der Waals surface area contributed by atoms with Gasteiger partial charge in [0, 0.05) is 30.8 Å². The molecule has 0 aromatic heterocycles. The Morgan fingerprint density at radius 3 is 2.31 bits per heavy atom. The van der Waals surface area contributed by atoms with Gasteiger partial charge in [0.25, 0.3) is 0 Å². The Balaban J connectivity index is 1.26. The Labute approximate surface area is 219 Å². The SMILES string of the molecule is C[C@]12C[C@H](OCCCCCCCCCCCC(N)=O)[C@H]3[C@@H](CC[C@H]4CCCC(=O)[C@@]43C)[C@@H]1CC[C@@H]2O. The van der Waals surface area contributed by atoms with E-state index >= 15 is 0 Å². The van der Waals surface area contributed by atoms with Crippen molar-refractivity contribution < 1.29 is 19.4 Å². The van der Waals surface area contributed by atoms with Gasteiger partial charge in [0.2, 0.25) is 5.91 Å². The van der Waals surface area contributed by atoms with Gasteiger partial charge in [-0.15, -0.1) is 0 Å². The van der Waals surface area contributed by atoms with Crippen molar-refractivity contribution >= 4 is 11.7 Å². The quantitative estimate of drug-likeness (QED) is 0.287. The summed E-state index contributed by atoms with van der Waals surface area (Å²) in [4.78, 5) is 24.2. The van der Waals surface area contributed by atoms with Gasteiger partial charge in [0.05, 0.1) is 12.2 Å². The lowest BCUT2D eigenvalue weighted by Gasteiger charge is -2.61. The number of aliphatic hydroxyl groups excluding tert-OH is 1. The molecule has 206 valence electrons. The number of ketones is 1. The molecule has 0 aliphatic heterocycles. The van der Waals surface area contributed by atoms with Crippen LogP contribution in [0.3, 0.4) is 0 Å². The zero-order valence-electron chi connectivity index (χ0n) is 23.1. The number of amides is 1. The first-order valence-corrected chi connectivity index (χ1v) is 15.4. The summed E-state index contributed by atoms with van der Waals surface area (Å²) < 4.78 is 6.73. The summed E-state index contributed by atoms with van der Waals surface area (Å²) >= 11 is 0. The predicted octanol–water partition coefficient (Wildman–Crippen LogP) is 6.34. The number of carbonyl (C=O) groups is 2. The van der Waals surface area contributed by atoms with E-state index in [0.717, 1.165) is 58.0 Å². The van der Waals surface area contributed by atoms with Gasteiger partial charge in [0.1, 0.15) is 5.78 Å². The second-order valence-electron chi connectivity index (χ2n) is 13.3.